The molecule has 0 aliphatic heterocycles. The molecule has 0 amide bonds. The van der Waals surface area contributed by atoms with E-state index in [1.54, 1.807) is 12.1 Å². The molecule has 0 aromatic heterocycles. The number of hydrogen-bond acceptors (Lipinski definition) is 1. The number of nitrogens with zero attached hydrogens (tertiary/aromatic N) is 1. The number of rotatable bonds is 6. The predicted octanol–water partition coefficient (Wildman–Crippen LogP) is 4.84. The van der Waals surface area contributed by atoms with Gasteiger partial charge in [0.05, 0.1) is 5.69 Å². The number of anilines is 1. The highest BCUT2D eigenvalue weighted by molar-refractivity contribution is 9.08. The minimum absolute atomic E-state index is 0.117. The Morgan fingerprint density at radius 2 is 1.67 bits per heavy atom. The van der Waals surface area contributed by atoms with E-state index in [1.165, 1.54) is 0 Å². The molecule has 1 rings (SSSR count). The van der Waals surface area contributed by atoms with Gasteiger partial charge in [0.2, 0.25) is 0 Å². The van der Waals surface area contributed by atoms with Gasteiger partial charge in [0, 0.05) is 18.4 Å². The standard InChI is InChI=1S/C15H23BrFN/c1-11(2)9-18(10-12(3)4)15-13(8-16)6-5-7-14(15)17/h5-7,11-12H,8-10H2,1-4H3. The molecule has 0 bridgehead atoms. The second-order valence-corrected chi connectivity index (χ2v) is 6.13. The van der Waals surface area contributed by atoms with E-state index in [4.69, 9.17) is 0 Å². The molecule has 0 atom stereocenters. The Morgan fingerprint density at radius 3 is 2.11 bits per heavy atom. The van der Waals surface area contributed by atoms with Crippen molar-refractivity contribution in [1.82, 2.24) is 0 Å². The van der Waals surface area contributed by atoms with Crippen molar-refractivity contribution in [3.63, 3.8) is 0 Å². The smallest absolute Gasteiger partial charge is 0.146 e. The summed E-state index contributed by atoms with van der Waals surface area (Å²) >= 11 is 3.45. The molecular weight excluding hydrogens is 293 g/mol. The summed E-state index contributed by atoms with van der Waals surface area (Å²) in [5, 5.41) is 0.687. The van der Waals surface area contributed by atoms with E-state index in [9.17, 15) is 4.39 Å². The van der Waals surface area contributed by atoms with Gasteiger partial charge in [0.15, 0.2) is 0 Å². The fraction of sp³-hybridized carbons (Fsp3) is 0.600. The van der Waals surface area contributed by atoms with Gasteiger partial charge in [-0.2, -0.15) is 0 Å². The molecule has 102 valence electrons. The van der Waals surface area contributed by atoms with Crippen molar-refractivity contribution in [2.24, 2.45) is 11.8 Å². The number of para-hydroxylation sites is 1. The first-order chi connectivity index (χ1) is 8.45. The number of alkyl halides is 1. The van der Waals surface area contributed by atoms with E-state index in [2.05, 4.69) is 48.5 Å². The van der Waals surface area contributed by atoms with Crippen LogP contribution < -0.4 is 4.90 Å². The SMILES string of the molecule is CC(C)CN(CC(C)C)c1c(F)cccc1CBr. The van der Waals surface area contributed by atoms with Crippen LogP contribution in [0.25, 0.3) is 0 Å². The highest BCUT2D eigenvalue weighted by Crippen LogP contribution is 2.28. The fourth-order valence-electron chi connectivity index (χ4n) is 2.16. The third kappa shape index (κ3) is 4.27. The summed E-state index contributed by atoms with van der Waals surface area (Å²) in [5.41, 5.74) is 1.79. The van der Waals surface area contributed by atoms with Crippen LogP contribution in [0.3, 0.4) is 0 Å². The fourth-order valence-corrected chi connectivity index (χ4v) is 2.61. The third-order valence-electron chi connectivity index (χ3n) is 2.70. The lowest BCUT2D eigenvalue weighted by atomic mass is 10.1. The normalized spacial score (nSPS) is 11.3. The summed E-state index contributed by atoms with van der Waals surface area (Å²) in [6, 6.07) is 5.31. The van der Waals surface area contributed by atoms with Crippen LogP contribution in [0.5, 0.6) is 0 Å². The maximum Gasteiger partial charge on any atom is 0.146 e. The molecular formula is C15H23BrFN. The molecule has 0 N–H and O–H groups in total. The van der Waals surface area contributed by atoms with Crippen LogP contribution in [0.2, 0.25) is 0 Å². The summed E-state index contributed by atoms with van der Waals surface area (Å²) in [7, 11) is 0. The molecule has 1 aromatic carbocycles. The predicted molar refractivity (Wildman–Crippen MR) is 80.9 cm³/mol. The van der Waals surface area contributed by atoms with E-state index in [-0.39, 0.29) is 5.82 Å². The molecule has 3 heteroatoms. The van der Waals surface area contributed by atoms with Gasteiger partial charge < -0.3 is 4.90 Å². The summed E-state index contributed by atoms with van der Waals surface area (Å²) < 4.78 is 14.1. The molecule has 0 saturated heterocycles. The first kappa shape index (κ1) is 15.5. The summed E-state index contributed by atoms with van der Waals surface area (Å²) in [4.78, 5) is 2.18. The van der Waals surface area contributed by atoms with Gasteiger partial charge in [-0.15, -0.1) is 0 Å². The van der Waals surface area contributed by atoms with Gasteiger partial charge in [0.1, 0.15) is 5.82 Å². The Balaban J connectivity index is 3.10. The topological polar surface area (TPSA) is 3.24 Å². The summed E-state index contributed by atoms with van der Waals surface area (Å²) in [6.45, 7) is 10.5. The van der Waals surface area contributed by atoms with Crippen molar-refractivity contribution in [1.29, 1.82) is 0 Å². The third-order valence-corrected chi connectivity index (χ3v) is 3.31. The zero-order chi connectivity index (χ0) is 13.7. The van der Waals surface area contributed by atoms with E-state index >= 15 is 0 Å². The van der Waals surface area contributed by atoms with E-state index in [0.29, 0.717) is 17.2 Å². The zero-order valence-electron chi connectivity index (χ0n) is 11.7. The van der Waals surface area contributed by atoms with E-state index in [0.717, 1.165) is 24.3 Å². The molecule has 0 unspecified atom stereocenters. The lowest BCUT2D eigenvalue weighted by Gasteiger charge is -2.30. The monoisotopic (exact) mass is 315 g/mol. The van der Waals surface area contributed by atoms with Gasteiger partial charge >= 0.3 is 0 Å². The Bertz CT molecular complexity index is 367. The van der Waals surface area contributed by atoms with Crippen molar-refractivity contribution in [2.45, 2.75) is 33.0 Å². The van der Waals surface area contributed by atoms with Crippen LogP contribution >= 0.6 is 15.9 Å². The molecule has 1 aromatic rings. The summed E-state index contributed by atoms with van der Waals surface area (Å²) in [6.07, 6.45) is 0. The second-order valence-electron chi connectivity index (χ2n) is 5.57. The van der Waals surface area contributed by atoms with Crippen LogP contribution in [0.15, 0.2) is 18.2 Å². The van der Waals surface area contributed by atoms with Crippen molar-refractivity contribution < 1.29 is 4.39 Å². The Hall–Kier alpha value is -0.570. The molecule has 0 heterocycles. The minimum atomic E-state index is -0.117. The van der Waals surface area contributed by atoms with Crippen LogP contribution in [0.1, 0.15) is 33.3 Å². The van der Waals surface area contributed by atoms with Crippen LogP contribution in [-0.4, -0.2) is 13.1 Å². The van der Waals surface area contributed by atoms with E-state index < -0.39 is 0 Å². The Kier molecular flexibility index (Phi) is 6.13. The average molecular weight is 316 g/mol. The molecule has 0 aliphatic rings. The molecule has 0 spiro atoms. The maximum atomic E-state index is 14.1. The lowest BCUT2D eigenvalue weighted by Crippen LogP contribution is -2.32. The van der Waals surface area contributed by atoms with Gasteiger partial charge in [-0.3, -0.25) is 0 Å². The first-order valence-corrected chi connectivity index (χ1v) is 7.66. The molecule has 1 nitrogen and oxygen atoms in total. The highest BCUT2D eigenvalue weighted by Gasteiger charge is 2.17. The van der Waals surface area contributed by atoms with Crippen molar-refractivity contribution in [3.05, 3.63) is 29.6 Å². The van der Waals surface area contributed by atoms with Crippen LogP contribution in [0, 0.1) is 17.7 Å². The maximum absolute atomic E-state index is 14.1. The average Bonchev–Trinajstić information content (AvgIpc) is 2.26. The Labute approximate surface area is 119 Å². The lowest BCUT2D eigenvalue weighted by molar-refractivity contribution is 0.536. The van der Waals surface area contributed by atoms with Crippen molar-refractivity contribution in [2.75, 3.05) is 18.0 Å². The molecule has 0 radical (unpaired) electrons. The van der Waals surface area contributed by atoms with Crippen LogP contribution in [-0.2, 0) is 5.33 Å². The van der Waals surface area contributed by atoms with Crippen molar-refractivity contribution >= 4 is 21.6 Å². The van der Waals surface area contributed by atoms with Crippen LogP contribution in [0.4, 0.5) is 10.1 Å². The molecule has 0 saturated carbocycles. The number of benzene rings is 1. The van der Waals surface area contributed by atoms with Gasteiger partial charge in [-0.25, -0.2) is 4.39 Å². The number of halogens is 2. The highest BCUT2D eigenvalue weighted by atomic mass is 79.9. The van der Waals surface area contributed by atoms with Gasteiger partial charge in [-0.1, -0.05) is 55.8 Å². The van der Waals surface area contributed by atoms with Crippen molar-refractivity contribution in [3.8, 4) is 0 Å². The largest absolute Gasteiger partial charge is 0.368 e. The minimum Gasteiger partial charge on any atom is -0.368 e. The molecule has 18 heavy (non-hydrogen) atoms. The second kappa shape index (κ2) is 7.13. The number of hydrogen-bond donors (Lipinski definition) is 0. The molecule has 0 aliphatic carbocycles. The quantitative estimate of drug-likeness (QED) is 0.679. The zero-order valence-corrected chi connectivity index (χ0v) is 13.3. The van der Waals surface area contributed by atoms with Gasteiger partial charge in [0.25, 0.3) is 0 Å². The van der Waals surface area contributed by atoms with E-state index in [1.807, 2.05) is 6.07 Å². The van der Waals surface area contributed by atoms with Gasteiger partial charge in [-0.05, 0) is 23.5 Å². The first-order valence-electron chi connectivity index (χ1n) is 6.54. The Morgan fingerprint density at radius 1 is 1.11 bits per heavy atom. The summed E-state index contributed by atoms with van der Waals surface area (Å²) in [5.74, 6) is 0.923. The molecule has 0 fully saturated rings.